The van der Waals surface area contributed by atoms with Gasteiger partial charge in [0.2, 0.25) is 17.7 Å². The van der Waals surface area contributed by atoms with Crippen LogP contribution in [0.25, 0.3) is 0 Å². The summed E-state index contributed by atoms with van der Waals surface area (Å²) in [4.78, 5) is 47.3. The Morgan fingerprint density at radius 3 is 2.07 bits per heavy atom. The molecule has 156 valence electrons. The molecule has 0 aromatic heterocycles. The van der Waals surface area contributed by atoms with Gasteiger partial charge in [-0.05, 0) is 32.3 Å². The Morgan fingerprint density at radius 1 is 1.04 bits per heavy atom. The van der Waals surface area contributed by atoms with Crippen molar-refractivity contribution in [3.63, 3.8) is 0 Å². The van der Waals surface area contributed by atoms with E-state index in [1.54, 1.807) is 6.26 Å². The number of amides is 3. The van der Waals surface area contributed by atoms with Gasteiger partial charge in [-0.25, -0.2) is 4.79 Å². The lowest BCUT2D eigenvalue weighted by Crippen LogP contribution is -2.59. The van der Waals surface area contributed by atoms with Gasteiger partial charge in [-0.3, -0.25) is 14.4 Å². The quantitative estimate of drug-likeness (QED) is 0.176. The highest BCUT2D eigenvalue weighted by atomic mass is 32.2. The minimum Gasteiger partial charge on any atom is -0.480 e. The van der Waals surface area contributed by atoms with Crippen molar-refractivity contribution in [1.29, 1.82) is 0 Å². The van der Waals surface area contributed by atoms with Crippen molar-refractivity contribution in [1.82, 2.24) is 16.0 Å². The maximum atomic E-state index is 12.3. The highest BCUT2D eigenvalue weighted by molar-refractivity contribution is 7.98. The van der Waals surface area contributed by atoms with Crippen LogP contribution < -0.4 is 21.7 Å². The number of thioether (sulfide) groups is 1. The summed E-state index contributed by atoms with van der Waals surface area (Å²) in [5.41, 5.74) is 5.33. The molecule has 0 bridgehead atoms. The van der Waals surface area contributed by atoms with Gasteiger partial charge in [0.1, 0.15) is 24.2 Å². The van der Waals surface area contributed by atoms with E-state index in [4.69, 9.17) is 15.9 Å². The summed E-state index contributed by atoms with van der Waals surface area (Å²) in [5.74, 6) is -3.15. The number of hydrogen-bond donors (Lipinski definition) is 7. The van der Waals surface area contributed by atoms with Crippen molar-refractivity contribution in [3.05, 3.63) is 0 Å². The number of carboxylic acid groups (broad SMARTS) is 1. The summed E-state index contributed by atoms with van der Waals surface area (Å²) >= 11 is 1.41. The van der Waals surface area contributed by atoms with Gasteiger partial charge >= 0.3 is 5.97 Å². The molecule has 0 heterocycles. The Bertz CT molecular complexity index is 532. The second kappa shape index (κ2) is 12.5. The fourth-order valence-corrected chi connectivity index (χ4v) is 2.38. The van der Waals surface area contributed by atoms with Crippen molar-refractivity contribution in [2.45, 2.75) is 50.5 Å². The molecule has 0 aromatic carbocycles. The molecule has 12 heteroatoms. The molecule has 27 heavy (non-hydrogen) atoms. The van der Waals surface area contributed by atoms with Crippen molar-refractivity contribution < 1.29 is 34.5 Å². The van der Waals surface area contributed by atoms with Gasteiger partial charge in [-0.2, -0.15) is 11.8 Å². The molecule has 0 aliphatic rings. The van der Waals surface area contributed by atoms with Crippen LogP contribution in [-0.2, 0) is 19.2 Å². The normalized spacial score (nSPS) is 16.4. The summed E-state index contributed by atoms with van der Waals surface area (Å²) in [7, 11) is 0. The Morgan fingerprint density at radius 2 is 1.63 bits per heavy atom. The second-order valence-electron chi connectivity index (χ2n) is 5.93. The number of aliphatic hydroxyl groups is 2. The predicted molar refractivity (Wildman–Crippen MR) is 98.8 cm³/mol. The van der Waals surface area contributed by atoms with Gasteiger partial charge in [0.15, 0.2) is 0 Å². The molecule has 0 radical (unpaired) electrons. The van der Waals surface area contributed by atoms with E-state index < -0.39 is 60.6 Å². The number of nitrogens with one attached hydrogen (secondary N) is 3. The van der Waals surface area contributed by atoms with E-state index in [0.29, 0.717) is 5.75 Å². The minimum atomic E-state index is -1.42. The van der Waals surface area contributed by atoms with Gasteiger partial charge < -0.3 is 37.0 Å². The molecule has 11 nitrogen and oxygen atoms in total. The Balaban J connectivity index is 4.95. The van der Waals surface area contributed by atoms with E-state index >= 15 is 0 Å². The van der Waals surface area contributed by atoms with Gasteiger partial charge in [0.25, 0.3) is 0 Å². The van der Waals surface area contributed by atoms with Crippen LogP contribution in [0.2, 0.25) is 0 Å². The van der Waals surface area contributed by atoms with E-state index in [2.05, 4.69) is 16.0 Å². The lowest BCUT2D eigenvalue weighted by Gasteiger charge is -2.25. The number of rotatable bonds is 12. The van der Waals surface area contributed by atoms with Gasteiger partial charge in [-0.15, -0.1) is 0 Å². The number of nitrogens with two attached hydrogens (primary N) is 1. The number of hydrogen-bond acceptors (Lipinski definition) is 8. The lowest BCUT2D eigenvalue weighted by molar-refractivity contribution is -0.143. The minimum absolute atomic E-state index is 0.175. The average Bonchev–Trinajstić information content (AvgIpc) is 2.60. The molecular weight excluding hydrogens is 380 g/mol. The van der Waals surface area contributed by atoms with E-state index in [1.165, 1.54) is 25.6 Å². The number of aliphatic hydroxyl groups excluding tert-OH is 2. The molecule has 5 atom stereocenters. The first kappa shape index (κ1) is 25.1. The molecule has 0 aliphatic heterocycles. The average molecular weight is 408 g/mol. The van der Waals surface area contributed by atoms with Crippen molar-refractivity contribution >= 4 is 35.5 Å². The summed E-state index contributed by atoms with van der Waals surface area (Å²) in [6.07, 6.45) is 0.651. The third-order valence-corrected chi connectivity index (χ3v) is 4.22. The zero-order valence-corrected chi connectivity index (χ0v) is 16.3. The molecule has 0 aliphatic carbocycles. The van der Waals surface area contributed by atoms with Gasteiger partial charge in [0.05, 0.1) is 12.7 Å². The maximum Gasteiger partial charge on any atom is 0.326 e. The molecule has 0 fully saturated rings. The van der Waals surface area contributed by atoms with E-state index in [0.717, 1.165) is 0 Å². The fraction of sp³-hybridized carbons (Fsp3) is 0.733. The molecular formula is C15H28N4O7S. The molecule has 0 rings (SSSR count). The molecule has 0 saturated carbocycles. The van der Waals surface area contributed by atoms with Crippen LogP contribution in [0.1, 0.15) is 20.3 Å². The Labute approximate surface area is 161 Å². The lowest BCUT2D eigenvalue weighted by atomic mass is 10.1. The van der Waals surface area contributed by atoms with Crippen LogP contribution in [0.5, 0.6) is 0 Å². The van der Waals surface area contributed by atoms with Crippen LogP contribution in [-0.4, -0.2) is 87.9 Å². The predicted octanol–water partition coefficient (Wildman–Crippen LogP) is -3.00. The Hall–Kier alpha value is -1.89. The first-order chi connectivity index (χ1) is 12.5. The fourth-order valence-electron chi connectivity index (χ4n) is 1.91. The molecule has 5 unspecified atom stereocenters. The third kappa shape index (κ3) is 9.04. The van der Waals surface area contributed by atoms with Crippen LogP contribution >= 0.6 is 11.8 Å². The monoisotopic (exact) mass is 408 g/mol. The second-order valence-corrected chi connectivity index (χ2v) is 6.91. The summed E-state index contributed by atoms with van der Waals surface area (Å²) in [6.45, 7) is 1.98. The summed E-state index contributed by atoms with van der Waals surface area (Å²) in [5, 5.41) is 34.6. The van der Waals surface area contributed by atoms with Crippen LogP contribution in [0.15, 0.2) is 0 Å². The highest BCUT2D eigenvalue weighted by Gasteiger charge is 2.31. The zero-order valence-electron chi connectivity index (χ0n) is 15.5. The molecule has 3 amide bonds. The Kier molecular flexibility index (Phi) is 11.6. The van der Waals surface area contributed by atoms with Gasteiger partial charge in [-0.1, -0.05) is 0 Å². The van der Waals surface area contributed by atoms with Crippen molar-refractivity contribution in [2.75, 3.05) is 18.6 Å². The first-order valence-electron chi connectivity index (χ1n) is 8.22. The molecule has 0 spiro atoms. The van der Waals surface area contributed by atoms with E-state index in [9.17, 15) is 24.3 Å². The molecule has 8 N–H and O–H groups in total. The van der Waals surface area contributed by atoms with E-state index in [1.807, 2.05) is 0 Å². The van der Waals surface area contributed by atoms with Crippen molar-refractivity contribution in [2.24, 2.45) is 5.73 Å². The summed E-state index contributed by atoms with van der Waals surface area (Å²) in [6, 6.07) is -4.89. The molecule has 0 saturated heterocycles. The standard InChI is InChI=1S/C15H28N4O7S/c1-7(17-13(23)9(16)6-20)12(22)19-11(8(2)21)14(24)18-10(15(25)26)4-5-27-3/h7-11,20-21H,4-6,16H2,1-3H3,(H,17,23)(H,18,24)(H,19,22)(H,25,26). The van der Waals surface area contributed by atoms with Crippen LogP contribution in [0.3, 0.4) is 0 Å². The smallest absolute Gasteiger partial charge is 0.326 e. The number of carbonyl (C=O) groups is 4. The maximum absolute atomic E-state index is 12.3. The van der Waals surface area contributed by atoms with Crippen molar-refractivity contribution in [3.8, 4) is 0 Å². The number of carboxylic acids is 1. The van der Waals surface area contributed by atoms with Crippen LogP contribution in [0.4, 0.5) is 0 Å². The highest BCUT2D eigenvalue weighted by Crippen LogP contribution is 2.03. The van der Waals surface area contributed by atoms with E-state index in [-0.39, 0.29) is 6.42 Å². The number of aliphatic carboxylic acids is 1. The molecule has 0 aromatic rings. The SMILES string of the molecule is CSCCC(NC(=O)C(NC(=O)C(C)NC(=O)C(N)CO)C(C)O)C(=O)O. The number of carbonyl (C=O) groups excluding carboxylic acids is 3. The third-order valence-electron chi connectivity index (χ3n) is 3.57. The largest absolute Gasteiger partial charge is 0.480 e. The van der Waals surface area contributed by atoms with Gasteiger partial charge in [0, 0.05) is 0 Å². The van der Waals surface area contributed by atoms with Crippen LogP contribution in [0, 0.1) is 0 Å². The zero-order chi connectivity index (χ0) is 21.1. The first-order valence-corrected chi connectivity index (χ1v) is 9.61. The summed E-state index contributed by atoms with van der Waals surface area (Å²) < 4.78 is 0. The topological polar surface area (TPSA) is 191 Å².